The van der Waals surface area contributed by atoms with Crippen molar-refractivity contribution in [1.29, 1.82) is 0 Å². The van der Waals surface area contributed by atoms with Crippen molar-refractivity contribution in [3.05, 3.63) is 93.7 Å². The Hall–Kier alpha value is -2.76. The molecule has 0 unspecified atom stereocenters. The van der Waals surface area contributed by atoms with Gasteiger partial charge in [-0.25, -0.2) is 0 Å². The van der Waals surface area contributed by atoms with Crippen LogP contribution in [-0.4, -0.2) is 38.8 Å². The second-order valence-corrected chi connectivity index (χ2v) is 8.90. The largest absolute Gasteiger partial charge is 0.353 e. The SMILES string of the molecule is CC(C)N(CC(=O)N(Cc1ccccc1)Cc1cccn1C)C(=O)c1cc(Cl)cc(Cl)c1. The van der Waals surface area contributed by atoms with Gasteiger partial charge in [0.1, 0.15) is 6.54 Å². The second kappa shape index (κ2) is 10.7. The van der Waals surface area contributed by atoms with E-state index in [0.717, 1.165) is 11.3 Å². The summed E-state index contributed by atoms with van der Waals surface area (Å²) in [5.74, 6) is -0.415. The smallest absolute Gasteiger partial charge is 0.254 e. The van der Waals surface area contributed by atoms with Crippen LogP contribution in [-0.2, 0) is 24.9 Å². The maximum Gasteiger partial charge on any atom is 0.254 e. The third kappa shape index (κ3) is 6.15. The van der Waals surface area contributed by atoms with Crippen LogP contribution >= 0.6 is 23.2 Å². The Labute approximate surface area is 199 Å². The Morgan fingerprint density at radius 2 is 1.59 bits per heavy atom. The molecule has 0 aliphatic heterocycles. The van der Waals surface area contributed by atoms with Crippen LogP contribution in [0.3, 0.4) is 0 Å². The molecule has 0 radical (unpaired) electrons. The quantitative estimate of drug-likeness (QED) is 0.440. The molecule has 1 heterocycles. The Morgan fingerprint density at radius 1 is 0.938 bits per heavy atom. The highest BCUT2D eigenvalue weighted by molar-refractivity contribution is 6.35. The fourth-order valence-electron chi connectivity index (χ4n) is 3.47. The third-order valence-electron chi connectivity index (χ3n) is 5.27. The first-order valence-corrected chi connectivity index (χ1v) is 11.2. The van der Waals surface area contributed by atoms with Gasteiger partial charge in [0.05, 0.1) is 6.54 Å². The summed E-state index contributed by atoms with van der Waals surface area (Å²) in [5.41, 5.74) is 2.40. The Kier molecular flexibility index (Phi) is 7.99. The lowest BCUT2D eigenvalue weighted by molar-refractivity contribution is -0.133. The number of carbonyl (C=O) groups excluding carboxylic acids is 2. The predicted octanol–water partition coefficient (Wildman–Crippen LogP) is 5.41. The summed E-state index contributed by atoms with van der Waals surface area (Å²) in [5, 5.41) is 0.760. The van der Waals surface area contributed by atoms with Crippen molar-refractivity contribution in [2.75, 3.05) is 6.54 Å². The molecular formula is C25H27Cl2N3O2. The van der Waals surface area contributed by atoms with Crippen LogP contribution in [0, 0.1) is 0 Å². The molecule has 32 heavy (non-hydrogen) atoms. The Balaban J connectivity index is 1.84. The van der Waals surface area contributed by atoms with E-state index >= 15 is 0 Å². The molecule has 5 nitrogen and oxygen atoms in total. The van der Waals surface area contributed by atoms with Crippen molar-refractivity contribution in [2.45, 2.75) is 33.0 Å². The number of hydrogen-bond donors (Lipinski definition) is 0. The van der Waals surface area contributed by atoms with Gasteiger partial charge < -0.3 is 14.4 Å². The zero-order valence-corrected chi connectivity index (χ0v) is 20.0. The fraction of sp³-hybridized carbons (Fsp3) is 0.280. The highest BCUT2D eigenvalue weighted by atomic mass is 35.5. The molecule has 3 rings (SSSR count). The maximum atomic E-state index is 13.4. The molecule has 0 N–H and O–H groups in total. The van der Waals surface area contributed by atoms with E-state index in [1.807, 2.05) is 74.1 Å². The van der Waals surface area contributed by atoms with Crippen LogP contribution in [0.2, 0.25) is 10.0 Å². The highest BCUT2D eigenvalue weighted by Gasteiger charge is 2.25. The first-order valence-electron chi connectivity index (χ1n) is 10.4. The van der Waals surface area contributed by atoms with Crippen molar-refractivity contribution in [3.63, 3.8) is 0 Å². The first kappa shape index (κ1) is 23.9. The number of hydrogen-bond acceptors (Lipinski definition) is 2. The molecule has 3 aromatic rings. The molecule has 2 aromatic carbocycles. The standard InChI is InChI=1S/C25H27Cl2N3O2/c1-18(2)30(25(32)20-12-21(26)14-22(27)13-20)17-24(31)29(15-19-8-5-4-6-9-19)16-23-10-7-11-28(23)3/h4-14,18H,15-17H2,1-3H3. The van der Waals surface area contributed by atoms with E-state index in [1.54, 1.807) is 28.0 Å². The first-order chi connectivity index (χ1) is 15.2. The van der Waals surface area contributed by atoms with Gasteiger partial charge in [-0.2, -0.15) is 0 Å². The minimum absolute atomic E-state index is 0.0438. The lowest BCUT2D eigenvalue weighted by atomic mass is 10.1. The van der Waals surface area contributed by atoms with Gasteiger partial charge in [0.15, 0.2) is 0 Å². The minimum Gasteiger partial charge on any atom is -0.353 e. The van der Waals surface area contributed by atoms with Crippen LogP contribution < -0.4 is 0 Å². The number of aryl methyl sites for hydroxylation is 1. The molecule has 0 bridgehead atoms. The molecule has 7 heteroatoms. The molecule has 0 saturated heterocycles. The average molecular weight is 472 g/mol. The number of rotatable bonds is 8. The number of carbonyl (C=O) groups is 2. The van der Waals surface area contributed by atoms with E-state index in [4.69, 9.17) is 23.2 Å². The van der Waals surface area contributed by atoms with Gasteiger partial charge in [0.2, 0.25) is 5.91 Å². The van der Waals surface area contributed by atoms with Crippen molar-refractivity contribution in [3.8, 4) is 0 Å². The molecule has 0 spiro atoms. The van der Waals surface area contributed by atoms with Gasteiger partial charge in [-0.1, -0.05) is 53.5 Å². The summed E-state index contributed by atoms with van der Waals surface area (Å²) < 4.78 is 1.99. The summed E-state index contributed by atoms with van der Waals surface area (Å²) in [6, 6.07) is 18.3. The maximum absolute atomic E-state index is 13.4. The third-order valence-corrected chi connectivity index (χ3v) is 5.71. The van der Waals surface area contributed by atoms with Crippen molar-refractivity contribution in [2.24, 2.45) is 7.05 Å². The van der Waals surface area contributed by atoms with Crippen molar-refractivity contribution >= 4 is 35.0 Å². The van der Waals surface area contributed by atoms with Gasteiger partial charge in [0, 0.05) is 47.1 Å². The molecular weight excluding hydrogens is 445 g/mol. The van der Waals surface area contributed by atoms with Crippen LogP contribution in [0.15, 0.2) is 66.9 Å². The van der Waals surface area contributed by atoms with Crippen LogP contribution in [0.25, 0.3) is 0 Å². The zero-order chi connectivity index (χ0) is 23.3. The van der Waals surface area contributed by atoms with Crippen molar-refractivity contribution < 1.29 is 9.59 Å². The van der Waals surface area contributed by atoms with Crippen LogP contribution in [0.1, 0.15) is 35.5 Å². The molecule has 2 amide bonds. The number of nitrogens with zero attached hydrogens (tertiary/aromatic N) is 3. The van der Waals surface area contributed by atoms with E-state index in [0.29, 0.717) is 28.7 Å². The van der Waals surface area contributed by atoms with Crippen LogP contribution in [0.5, 0.6) is 0 Å². The van der Waals surface area contributed by atoms with Crippen molar-refractivity contribution in [1.82, 2.24) is 14.4 Å². The fourth-order valence-corrected chi connectivity index (χ4v) is 4.00. The second-order valence-electron chi connectivity index (χ2n) is 8.03. The number of benzene rings is 2. The summed E-state index contributed by atoms with van der Waals surface area (Å²) >= 11 is 12.2. The molecule has 0 fully saturated rings. The normalized spacial score (nSPS) is 10.9. The highest BCUT2D eigenvalue weighted by Crippen LogP contribution is 2.21. The van der Waals surface area contributed by atoms with E-state index in [2.05, 4.69) is 0 Å². The number of amides is 2. The average Bonchev–Trinajstić information content (AvgIpc) is 3.15. The van der Waals surface area contributed by atoms with Gasteiger partial charge >= 0.3 is 0 Å². The topological polar surface area (TPSA) is 45.6 Å². The van der Waals surface area contributed by atoms with Gasteiger partial charge in [-0.15, -0.1) is 0 Å². The predicted molar refractivity (Wildman–Crippen MR) is 129 cm³/mol. The summed E-state index contributed by atoms with van der Waals surface area (Å²) in [7, 11) is 1.95. The van der Waals surface area contributed by atoms with E-state index in [1.165, 1.54) is 0 Å². The number of halogens is 2. The monoisotopic (exact) mass is 471 g/mol. The Morgan fingerprint density at radius 3 is 2.16 bits per heavy atom. The molecule has 1 aromatic heterocycles. The minimum atomic E-state index is -0.281. The lowest BCUT2D eigenvalue weighted by Gasteiger charge is -2.30. The summed E-state index contributed by atoms with van der Waals surface area (Å²) in [4.78, 5) is 30.0. The zero-order valence-electron chi connectivity index (χ0n) is 18.5. The summed E-state index contributed by atoms with van der Waals surface area (Å²) in [6.45, 7) is 4.62. The van der Waals surface area contributed by atoms with Gasteiger partial charge in [-0.3, -0.25) is 9.59 Å². The van der Waals surface area contributed by atoms with E-state index < -0.39 is 0 Å². The van der Waals surface area contributed by atoms with E-state index in [-0.39, 0.29) is 24.4 Å². The molecule has 0 aliphatic rings. The molecule has 0 aliphatic carbocycles. The van der Waals surface area contributed by atoms with Gasteiger partial charge in [-0.05, 0) is 49.7 Å². The van der Waals surface area contributed by atoms with Gasteiger partial charge in [0.25, 0.3) is 5.91 Å². The van der Waals surface area contributed by atoms with E-state index in [9.17, 15) is 9.59 Å². The summed E-state index contributed by atoms with van der Waals surface area (Å²) in [6.07, 6.45) is 1.95. The van der Waals surface area contributed by atoms with Crippen LogP contribution in [0.4, 0.5) is 0 Å². The lowest BCUT2D eigenvalue weighted by Crippen LogP contribution is -2.45. The number of aromatic nitrogens is 1. The molecule has 0 saturated carbocycles. The molecule has 168 valence electrons. The Bertz CT molecular complexity index is 1060. The molecule has 0 atom stereocenters.